The molecule has 0 bridgehead atoms. The van der Waals surface area contributed by atoms with Crippen LogP contribution in [0.15, 0.2) is 36.4 Å². The molecule has 0 fully saturated rings. The smallest absolute Gasteiger partial charge is 0.161 e. The van der Waals surface area contributed by atoms with Crippen LogP contribution in [-0.4, -0.2) is 14.2 Å². The van der Waals surface area contributed by atoms with Gasteiger partial charge in [0, 0.05) is 0 Å². The predicted octanol–water partition coefficient (Wildman–Crippen LogP) is 3.17. The normalized spacial score (nSPS) is 10.2. The molecule has 0 aromatic heterocycles. The van der Waals surface area contributed by atoms with Gasteiger partial charge in [-0.15, -0.1) is 0 Å². The van der Waals surface area contributed by atoms with Crippen LogP contribution in [0.4, 0.5) is 5.69 Å². The zero-order valence-electron chi connectivity index (χ0n) is 12.0. The standard InChI is InChI=1S/C16H19NO3/c1-11-5-4-6-13(17)16(11)20-10-12-7-8-14(18-2)15(9-12)19-3/h4-9H,10,17H2,1-3H3. The third-order valence-corrected chi connectivity index (χ3v) is 3.07. The molecule has 4 heteroatoms. The second-order valence-corrected chi connectivity index (χ2v) is 4.47. The summed E-state index contributed by atoms with van der Waals surface area (Å²) in [6, 6.07) is 11.4. The van der Waals surface area contributed by atoms with Crippen molar-refractivity contribution >= 4 is 5.69 Å². The molecule has 0 heterocycles. The quantitative estimate of drug-likeness (QED) is 0.850. The maximum absolute atomic E-state index is 5.92. The molecule has 0 spiro atoms. The third kappa shape index (κ3) is 2.96. The van der Waals surface area contributed by atoms with E-state index in [9.17, 15) is 0 Å². The van der Waals surface area contributed by atoms with Crippen LogP contribution in [0.5, 0.6) is 17.2 Å². The van der Waals surface area contributed by atoms with Crippen molar-refractivity contribution in [2.24, 2.45) is 0 Å². The SMILES string of the molecule is COc1ccc(COc2c(C)cccc2N)cc1OC. The molecule has 0 aliphatic heterocycles. The van der Waals surface area contributed by atoms with Crippen molar-refractivity contribution in [1.29, 1.82) is 0 Å². The number of para-hydroxylation sites is 1. The Hall–Kier alpha value is -2.36. The molecule has 2 aromatic rings. The predicted molar refractivity (Wildman–Crippen MR) is 79.5 cm³/mol. The number of benzene rings is 2. The lowest BCUT2D eigenvalue weighted by molar-refractivity contribution is 0.303. The van der Waals surface area contributed by atoms with E-state index in [-0.39, 0.29) is 0 Å². The lowest BCUT2D eigenvalue weighted by Gasteiger charge is -2.13. The van der Waals surface area contributed by atoms with Crippen molar-refractivity contribution in [2.75, 3.05) is 20.0 Å². The Morgan fingerprint density at radius 2 is 1.75 bits per heavy atom. The Labute approximate surface area is 119 Å². The molecule has 0 atom stereocenters. The molecule has 0 unspecified atom stereocenters. The maximum atomic E-state index is 5.92. The van der Waals surface area contributed by atoms with Gasteiger partial charge in [-0.1, -0.05) is 18.2 Å². The number of hydrogen-bond acceptors (Lipinski definition) is 4. The molecule has 106 valence electrons. The topological polar surface area (TPSA) is 53.7 Å². The summed E-state index contributed by atoms with van der Waals surface area (Å²) in [5, 5.41) is 0. The average Bonchev–Trinajstić information content (AvgIpc) is 2.46. The molecule has 2 aromatic carbocycles. The maximum Gasteiger partial charge on any atom is 0.161 e. The van der Waals surface area contributed by atoms with Crippen LogP contribution in [0.3, 0.4) is 0 Å². The minimum absolute atomic E-state index is 0.426. The third-order valence-electron chi connectivity index (χ3n) is 3.07. The summed E-state index contributed by atoms with van der Waals surface area (Å²) in [6.07, 6.45) is 0. The lowest BCUT2D eigenvalue weighted by atomic mass is 10.2. The number of methoxy groups -OCH3 is 2. The van der Waals surface area contributed by atoms with Crippen LogP contribution in [-0.2, 0) is 6.61 Å². The molecule has 0 amide bonds. The van der Waals surface area contributed by atoms with Crippen LogP contribution in [0, 0.1) is 6.92 Å². The van der Waals surface area contributed by atoms with Gasteiger partial charge in [0.15, 0.2) is 11.5 Å². The van der Waals surface area contributed by atoms with E-state index in [1.165, 1.54) is 0 Å². The summed E-state index contributed by atoms with van der Waals surface area (Å²) >= 11 is 0. The summed E-state index contributed by atoms with van der Waals surface area (Å²) < 4.78 is 16.3. The Morgan fingerprint density at radius 1 is 1.00 bits per heavy atom. The lowest BCUT2D eigenvalue weighted by Crippen LogP contribution is -2.01. The van der Waals surface area contributed by atoms with Crippen LogP contribution >= 0.6 is 0 Å². The molecule has 0 saturated carbocycles. The van der Waals surface area contributed by atoms with E-state index in [4.69, 9.17) is 19.9 Å². The minimum atomic E-state index is 0.426. The number of anilines is 1. The summed E-state index contributed by atoms with van der Waals surface area (Å²) in [6.45, 7) is 2.40. The molecule has 2 rings (SSSR count). The van der Waals surface area contributed by atoms with Crippen molar-refractivity contribution in [2.45, 2.75) is 13.5 Å². The van der Waals surface area contributed by atoms with E-state index in [1.54, 1.807) is 14.2 Å². The molecule has 0 aliphatic carbocycles. The number of hydrogen-bond donors (Lipinski definition) is 1. The zero-order chi connectivity index (χ0) is 14.5. The van der Waals surface area contributed by atoms with E-state index >= 15 is 0 Å². The molecular weight excluding hydrogens is 254 g/mol. The number of rotatable bonds is 5. The summed E-state index contributed by atoms with van der Waals surface area (Å²) in [7, 11) is 3.23. The second-order valence-electron chi connectivity index (χ2n) is 4.47. The first kappa shape index (κ1) is 14.1. The molecule has 4 nitrogen and oxygen atoms in total. The van der Waals surface area contributed by atoms with Gasteiger partial charge in [-0.3, -0.25) is 0 Å². The minimum Gasteiger partial charge on any atom is -0.493 e. The van der Waals surface area contributed by atoms with Gasteiger partial charge in [-0.05, 0) is 36.2 Å². The fourth-order valence-corrected chi connectivity index (χ4v) is 2.00. The summed E-state index contributed by atoms with van der Waals surface area (Å²) in [5.41, 5.74) is 8.57. The van der Waals surface area contributed by atoms with E-state index in [0.717, 1.165) is 16.9 Å². The highest BCUT2D eigenvalue weighted by atomic mass is 16.5. The Bertz CT molecular complexity index is 576. The number of nitrogen functional groups attached to an aromatic ring is 1. The van der Waals surface area contributed by atoms with Crippen LogP contribution in [0.25, 0.3) is 0 Å². The van der Waals surface area contributed by atoms with Crippen molar-refractivity contribution < 1.29 is 14.2 Å². The first-order valence-corrected chi connectivity index (χ1v) is 6.34. The second kappa shape index (κ2) is 6.19. The molecule has 2 N–H and O–H groups in total. The highest BCUT2D eigenvalue weighted by molar-refractivity contribution is 5.56. The largest absolute Gasteiger partial charge is 0.493 e. The molecule has 0 saturated heterocycles. The molecular formula is C16H19NO3. The van der Waals surface area contributed by atoms with Crippen molar-refractivity contribution in [1.82, 2.24) is 0 Å². The van der Waals surface area contributed by atoms with Crippen molar-refractivity contribution in [3.63, 3.8) is 0 Å². The van der Waals surface area contributed by atoms with Crippen molar-refractivity contribution in [3.8, 4) is 17.2 Å². The van der Waals surface area contributed by atoms with Gasteiger partial charge in [-0.25, -0.2) is 0 Å². The Kier molecular flexibility index (Phi) is 4.35. The van der Waals surface area contributed by atoms with Crippen LogP contribution < -0.4 is 19.9 Å². The monoisotopic (exact) mass is 273 g/mol. The Balaban J connectivity index is 2.15. The first-order valence-electron chi connectivity index (χ1n) is 6.34. The zero-order valence-corrected chi connectivity index (χ0v) is 12.0. The molecule has 0 radical (unpaired) electrons. The van der Waals surface area contributed by atoms with Crippen molar-refractivity contribution in [3.05, 3.63) is 47.5 Å². The van der Waals surface area contributed by atoms with Gasteiger partial charge in [-0.2, -0.15) is 0 Å². The Morgan fingerprint density at radius 3 is 2.40 bits per heavy atom. The van der Waals surface area contributed by atoms with E-state index in [0.29, 0.717) is 23.8 Å². The van der Waals surface area contributed by atoms with Crippen LogP contribution in [0.2, 0.25) is 0 Å². The fourth-order valence-electron chi connectivity index (χ4n) is 2.00. The van der Waals surface area contributed by atoms with Gasteiger partial charge in [0.05, 0.1) is 19.9 Å². The van der Waals surface area contributed by atoms with E-state index in [2.05, 4.69) is 0 Å². The van der Waals surface area contributed by atoms with Gasteiger partial charge in [0.25, 0.3) is 0 Å². The van der Waals surface area contributed by atoms with Gasteiger partial charge < -0.3 is 19.9 Å². The van der Waals surface area contributed by atoms with Gasteiger partial charge >= 0.3 is 0 Å². The fraction of sp³-hybridized carbons (Fsp3) is 0.250. The van der Waals surface area contributed by atoms with Gasteiger partial charge in [0.1, 0.15) is 12.4 Å². The number of aryl methyl sites for hydroxylation is 1. The number of ether oxygens (including phenoxy) is 3. The highest BCUT2D eigenvalue weighted by Crippen LogP contribution is 2.30. The van der Waals surface area contributed by atoms with E-state index < -0.39 is 0 Å². The van der Waals surface area contributed by atoms with Crippen LogP contribution in [0.1, 0.15) is 11.1 Å². The summed E-state index contributed by atoms with van der Waals surface area (Å²) in [4.78, 5) is 0. The molecule has 20 heavy (non-hydrogen) atoms. The first-order chi connectivity index (χ1) is 9.65. The van der Waals surface area contributed by atoms with E-state index in [1.807, 2.05) is 43.3 Å². The summed E-state index contributed by atoms with van der Waals surface area (Å²) in [5.74, 6) is 2.11. The average molecular weight is 273 g/mol. The number of nitrogens with two attached hydrogens (primary N) is 1. The van der Waals surface area contributed by atoms with Gasteiger partial charge in [0.2, 0.25) is 0 Å². The highest BCUT2D eigenvalue weighted by Gasteiger charge is 2.07. The molecule has 0 aliphatic rings.